The number of morpholine rings is 1. The molecule has 2 heterocycles. The first kappa shape index (κ1) is 19.1. The third-order valence-corrected chi connectivity index (χ3v) is 4.61. The van der Waals surface area contributed by atoms with Crippen molar-refractivity contribution in [1.29, 1.82) is 0 Å². The van der Waals surface area contributed by atoms with Crippen LogP contribution < -0.4 is 10.2 Å². The molecule has 0 saturated carbocycles. The molecular weight excluding hydrogens is 368 g/mol. The van der Waals surface area contributed by atoms with Crippen LogP contribution in [0, 0.1) is 0 Å². The van der Waals surface area contributed by atoms with E-state index in [1.807, 2.05) is 62.4 Å². The van der Waals surface area contributed by atoms with E-state index in [-0.39, 0.29) is 11.8 Å². The molecular formula is C22H24N4O3. The summed E-state index contributed by atoms with van der Waals surface area (Å²) in [4.78, 5) is 24.0. The van der Waals surface area contributed by atoms with E-state index in [9.17, 15) is 4.79 Å². The number of carbonyl (C=O) groups excluding carboxylic acids is 1. The maximum atomic E-state index is 12.6. The van der Waals surface area contributed by atoms with Crippen molar-refractivity contribution in [3.05, 3.63) is 54.2 Å². The standard InChI is InChI=1S/C22H24N4O3/c1-15(2)29-22(27)20-21(25-19-6-4-3-5-18(19)24-20)23-16-7-9-17(10-8-16)26-11-13-28-14-12-26/h3-10,15H,11-14H2,1-2H3,(H,23,25). The number of nitrogens with one attached hydrogen (secondary N) is 1. The number of benzene rings is 2. The van der Waals surface area contributed by atoms with Crippen LogP contribution in [0.3, 0.4) is 0 Å². The zero-order chi connectivity index (χ0) is 20.2. The summed E-state index contributed by atoms with van der Waals surface area (Å²) in [6, 6.07) is 15.5. The molecule has 0 amide bonds. The molecule has 1 saturated heterocycles. The van der Waals surface area contributed by atoms with E-state index in [0.717, 1.165) is 37.7 Å². The van der Waals surface area contributed by atoms with Gasteiger partial charge in [0.1, 0.15) is 0 Å². The number of fused-ring (bicyclic) bond motifs is 1. The quantitative estimate of drug-likeness (QED) is 0.662. The van der Waals surface area contributed by atoms with E-state index >= 15 is 0 Å². The minimum atomic E-state index is -0.495. The first-order chi connectivity index (χ1) is 14.1. The number of rotatable bonds is 5. The molecule has 0 aliphatic carbocycles. The number of hydrogen-bond donors (Lipinski definition) is 1. The molecule has 0 radical (unpaired) electrons. The van der Waals surface area contributed by atoms with Crippen molar-refractivity contribution in [2.24, 2.45) is 0 Å². The Bertz CT molecular complexity index is 999. The third-order valence-electron chi connectivity index (χ3n) is 4.61. The second-order valence-corrected chi connectivity index (χ2v) is 7.13. The van der Waals surface area contributed by atoms with E-state index in [4.69, 9.17) is 9.47 Å². The molecule has 3 aromatic rings. The van der Waals surface area contributed by atoms with E-state index in [1.165, 1.54) is 0 Å². The van der Waals surface area contributed by atoms with Crippen LogP contribution in [-0.2, 0) is 9.47 Å². The van der Waals surface area contributed by atoms with Crippen LogP contribution in [0.5, 0.6) is 0 Å². The normalized spacial score (nSPS) is 14.2. The Morgan fingerprint density at radius 2 is 1.69 bits per heavy atom. The fourth-order valence-electron chi connectivity index (χ4n) is 3.21. The summed E-state index contributed by atoms with van der Waals surface area (Å²) in [6.07, 6.45) is -0.239. The molecule has 0 spiro atoms. The topological polar surface area (TPSA) is 76.6 Å². The SMILES string of the molecule is CC(C)OC(=O)c1nc2ccccc2nc1Nc1ccc(N2CCOCC2)cc1. The van der Waals surface area contributed by atoms with Crippen LogP contribution in [0.4, 0.5) is 17.2 Å². The lowest BCUT2D eigenvalue weighted by Gasteiger charge is -2.28. The number of esters is 1. The second-order valence-electron chi connectivity index (χ2n) is 7.13. The van der Waals surface area contributed by atoms with Gasteiger partial charge in [0.15, 0.2) is 11.5 Å². The highest BCUT2D eigenvalue weighted by Crippen LogP contribution is 2.24. The van der Waals surface area contributed by atoms with Crippen molar-refractivity contribution in [3.63, 3.8) is 0 Å². The first-order valence-electron chi connectivity index (χ1n) is 9.78. The minimum absolute atomic E-state index is 0.176. The Kier molecular flexibility index (Phi) is 5.57. The molecule has 1 aliphatic heterocycles. The van der Waals surface area contributed by atoms with Gasteiger partial charge in [0.25, 0.3) is 0 Å². The van der Waals surface area contributed by atoms with Gasteiger partial charge in [-0.2, -0.15) is 0 Å². The van der Waals surface area contributed by atoms with Gasteiger partial charge < -0.3 is 19.7 Å². The van der Waals surface area contributed by atoms with Gasteiger partial charge in [-0.05, 0) is 50.2 Å². The van der Waals surface area contributed by atoms with Crippen LogP contribution >= 0.6 is 0 Å². The highest BCUT2D eigenvalue weighted by molar-refractivity contribution is 5.96. The zero-order valence-corrected chi connectivity index (χ0v) is 16.6. The van der Waals surface area contributed by atoms with E-state index < -0.39 is 5.97 Å². The molecule has 1 aliphatic rings. The van der Waals surface area contributed by atoms with E-state index in [1.54, 1.807) is 0 Å². The Balaban J connectivity index is 1.62. The summed E-state index contributed by atoms with van der Waals surface area (Å²) >= 11 is 0. The summed E-state index contributed by atoms with van der Waals surface area (Å²) in [5.74, 6) is -0.112. The lowest BCUT2D eigenvalue weighted by molar-refractivity contribution is 0.0372. The fraction of sp³-hybridized carbons (Fsp3) is 0.318. The van der Waals surface area contributed by atoms with Crippen molar-refractivity contribution in [2.75, 3.05) is 36.5 Å². The van der Waals surface area contributed by atoms with Gasteiger partial charge in [0.05, 0.1) is 30.4 Å². The molecule has 0 bridgehead atoms. The maximum Gasteiger partial charge on any atom is 0.361 e. The molecule has 4 rings (SSSR count). The van der Waals surface area contributed by atoms with Crippen molar-refractivity contribution in [1.82, 2.24) is 9.97 Å². The first-order valence-corrected chi connectivity index (χ1v) is 9.78. The summed E-state index contributed by atoms with van der Waals surface area (Å²) in [5, 5.41) is 3.23. The van der Waals surface area contributed by atoms with Crippen LogP contribution in [0.1, 0.15) is 24.3 Å². The van der Waals surface area contributed by atoms with Gasteiger partial charge in [0, 0.05) is 24.5 Å². The van der Waals surface area contributed by atoms with Gasteiger partial charge >= 0.3 is 5.97 Å². The third kappa shape index (κ3) is 4.46. The lowest BCUT2D eigenvalue weighted by Crippen LogP contribution is -2.36. The molecule has 150 valence electrons. The average molecular weight is 392 g/mol. The summed E-state index contributed by atoms with van der Waals surface area (Å²) in [7, 11) is 0. The number of aromatic nitrogens is 2. The number of nitrogens with zero attached hydrogens (tertiary/aromatic N) is 3. The predicted molar refractivity (Wildman–Crippen MR) is 113 cm³/mol. The van der Waals surface area contributed by atoms with Crippen molar-refractivity contribution in [3.8, 4) is 0 Å². The van der Waals surface area contributed by atoms with Crippen LogP contribution in [0.2, 0.25) is 0 Å². The van der Waals surface area contributed by atoms with Gasteiger partial charge in [-0.25, -0.2) is 14.8 Å². The highest BCUT2D eigenvalue weighted by atomic mass is 16.5. The van der Waals surface area contributed by atoms with Crippen LogP contribution in [0.25, 0.3) is 11.0 Å². The molecule has 0 unspecified atom stereocenters. The predicted octanol–water partition coefficient (Wildman–Crippen LogP) is 3.78. The largest absolute Gasteiger partial charge is 0.458 e. The van der Waals surface area contributed by atoms with Crippen LogP contribution in [-0.4, -0.2) is 48.3 Å². The highest BCUT2D eigenvalue weighted by Gasteiger charge is 2.19. The fourth-order valence-corrected chi connectivity index (χ4v) is 3.21. The summed E-state index contributed by atoms with van der Waals surface area (Å²) < 4.78 is 10.8. The summed E-state index contributed by atoms with van der Waals surface area (Å²) in [5.41, 5.74) is 3.50. The van der Waals surface area contributed by atoms with Gasteiger partial charge in [-0.15, -0.1) is 0 Å². The summed E-state index contributed by atoms with van der Waals surface area (Å²) in [6.45, 7) is 6.87. The maximum absolute atomic E-state index is 12.6. The number of para-hydroxylation sites is 2. The number of ether oxygens (including phenoxy) is 2. The molecule has 7 nitrogen and oxygen atoms in total. The molecule has 7 heteroatoms. The van der Waals surface area contributed by atoms with Crippen LogP contribution in [0.15, 0.2) is 48.5 Å². The molecule has 1 fully saturated rings. The van der Waals surface area contributed by atoms with Gasteiger partial charge in [-0.3, -0.25) is 0 Å². The van der Waals surface area contributed by atoms with E-state index in [2.05, 4.69) is 20.2 Å². The second kappa shape index (κ2) is 8.45. The Morgan fingerprint density at radius 1 is 1.03 bits per heavy atom. The van der Waals surface area contributed by atoms with Crippen molar-refractivity contribution in [2.45, 2.75) is 20.0 Å². The Hall–Kier alpha value is -3.19. The smallest absolute Gasteiger partial charge is 0.361 e. The average Bonchev–Trinajstić information content (AvgIpc) is 2.74. The van der Waals surface area contributed by atoms with Gasteiger partial charge in [-0.1, -0.05) is 12.1 Å². The molecule has 0 atom stereocenters. The Labute approximate surface area is 169 Å². The van der Waals surface area contributed by atoms with E-state index in [0.29, 0.717) is 16.9 Å². The number of anilines is 3. The molecule has 2 aromatic carbocycles. The molecule has 1 aromatic heterocycles. The number of carbonyl (C=O) groups is 1. The van der Waals surface area contributed by atoms with Crippen molar-refractivity contribution >= 4 is 34.2 Å². The van der Waals surface area contributed by atoms with Crippen molar-refractivity contribution < 1.29 is 14.3 Å². The molecule has 29 heavy (non-hydrogen) atoms. The zero-order valence-electron chi connectivity index (χ0n) is 16.6. The monoisotopic (exact) mass is 392 g/mol. The lowest BCUT2D eigenvalue weighted by atomic mass is 10.2. The Morgan fingerprint density at radius 3 is 2.34 bits per heavy atom. The number of hydrogen-bond acceptors (Lipinski definition) is 7. The minimum Gasteiger partial charge on any atom is -0.458 e. The van der Waals surface area contributed by atoms with Gasteiger partial charge in [0.2, 0.25) is 0 Å². The molecule has 1 N–H and O–H groups in total.